The van der Waals surface area contributed by atoms with Gasteiger partial charge in [0.1, 0.15) is 6.04 Å². The summed E-state index contributed by atoms with van der Waals surface area (Å²) >= 11 is 0. The maximum Gasteiger partial charge on any atom is 0.416 e. The molecular formula is C17H18F3NO3. The lowest BCUT2D eigenvalue weighted by Crippen LogP contribution is -2.45. The Morgan fingerprint density at radius 3 is 2.54 bits per heavy atom. The van der Waals surface area contributed by atoms with Crippen LogP contribution in [0.5, 0.6) is 0 Å². The topological polar surface area (TPSA) is 66.4 Å². The second-order valence-corrected chi connectivity index (χ2v) is 5.89. The van der Waals surface area contributed by atoms with Crippen molar-refractivity contribution in [1.82, 2.24) is 5.32 Å². The zero-order valence-electron chi connectivity index (χ0n) is 12.9. The van der Waals surface area contributed by atoms with E-state index >= 15 is 0 Å². The van der Waals surface area contributed by atoms with Gasteiger partial charge in [0.15, 0.2) is 0 Å². The van der Waals surface area contributed by atoms with E-state index in [9.17, 15) is 22.8 Å². The predicted molar refractivity (Wildman–Crippen MR) is 81.4 cm³/mol. The number of hydrogen-bond acceptors (Lipinski definition) is 2. The van der Waals surface area contributed by atoms with Gasteiger partial charge in [0, 0.05) is 0 Å². The fourth-order valence-electron chi connectivity index (χ4n) is 2.60. The Bertz CT molecular complexity index is 651. The lowest BCUT2D eigenvalue weighted by atomic mass is 9.92. The van der Waals surface area contributed by atoms with Gasteiger partial charge in [-0.1, -0.05) is 24.3 Å². The number of benzene rings is 1. The van der Waals surface area contributed by atoms with Crippen LogP contribution >= 0.6 is 0 Å². The van der Waals surface area contributed by atoms with Crippen LogP contribution < -0.4 is 5.32 Å². The molecule has 1 aliphatic carbocycles. The van der Waals surface area contributed by atoms with Crippen molar-refractivity contribution < 1.29 is 27.9 Å². The molecular weight excluding hydrogens is 323 g/mol. The molecule has 24 heavy (non-hydrogen) atoms. The average molecular weight is 341 g/mol. The molecule has 0 bridgehead atoms. The van der Waals surface area contributed by atoms with E-state index in [0.717, 1.165) is 12.1 Å². The second kappa shape index (κ2) is 6.67. The molecule has 0 radical (unpaired) electrons. The average Bonchev–Trinajstić information content (AvgIpc) is 3.32. The van der Waals surface area contributed by atoms with Gasteiger partial charge >= 0.3 is 12.1 Å². The van der Waals surface area contributed by atoms with E-state index in [0.29, 0.717) is 19.3 Å². The molecule has 1 amide bonds. The summed E-state index contributed by atoms with van der Waals surface area (Å²) < 4.78 is 38.5. The van der Waals surface area contributed by atoms with E-state index in [4.69, 9.17) is 5.11 Å². The van der Waals surface area contributed by atoms with Gasteiger partial charge < -0.3 is 10.4 Å². The first-order chi connectivity index (χ1) is 11.2. The predicted octanol–water partition coefficient (Wildman–Crippen LogP) is 3.27. The summed E-state index contributed by atoms with van der Waals surface area (Å²) in [6, 6.07) is 3.56. The first-order valence-electron chi connectivity index (χ1n) is 7.53. The van der Waals surface area contributed by atoms with Crippen molar-refractivity contribution in [3.63, 3.8) is 0 Å². The zero-order chi connectivity index (χ0) is 18.0. The summed E-state index contributed by atoms with van der Waals surface area (Å²) in [6.45, 7) is 3.50. The van der Waals surface area contributed by atoms with Crippen LogP contribution in [-0.4, -0.2) is 23.0 Å². The normalized spacial score (nSPS) is 17.0. The number of alkyl halides is 3. The van der Waals surface area contributed by atoms with Crippen molar-refractivity contribution in [3.8, 4) is 0 Å². The molecule has 1 aromatic carbocycles. The van der Waals surface area contributed by atoms with Crippen LogP contribution in [0.15, 0.2) is 36.9 Å². The fourth-order valence-corrected chi connectivity index (χ4v) is 2.60. The van der Waals surface area contributed by atoms with Crippen LogP contribution in [0.2, 0.25) is 0 Å². The number of amides is 1. The summed E-state index contributed by atoms with van der Waals surface area (Å²) in [4.78, 5) is 23.7. The van der Waals surface area contributed by atoms with Crippen molar-refractivity contribution in [1.29, 1.82) is 0 Å². The van der Waals surface area contributed by atoms with Crippen LogP contribution in [0.1, 0.15) is 36.8 Å². The van der Waals surface area contributed by atoms with Crippen molar-refractivity contribution in [2.75, 3.05) is 0 Å². The lowest BCUT2D eigenvalue weighted by Gasteiger charge is -2.20. The number of nitrogens with one attached hydrogen (secondary N) is 1. The van der Waals surface area contributed by atoms with Crippen LogP contribution in [0.25, 0.3) is 0 Å². The maximum absolute atomic E-state index is 12.8. The minimum Gasteiger partial charge on any atom is -0.480 e. The molecule has 2 rings (SSSR count). The largest absolute Gasteiger partial charge is 0.480 e. The van der Waals surface area contributed by atoms with Crippen molar-refractivity contribution >= 4 is 11.9 Å². The smallest absolute Gasteiger partial charge is 0.416 e. The van der Waals surface area contributed by atoms with E-state index in [1.165, 1.54) is 12.1 Å². The van der Waals surface area contributed by atoms with E-state index in [1.54, 1.807) is 6.08 Å². The van der Waals surface area contributed by atoms with E-state index in [2.05, 4.69) is 11.9 Å². The number of carboxylic acid groups (broad SMARTS) is 1. The SMILES string of the molecule is C=CCCC(NC(=O)C1(c2cccc(C(F)(F)F)c2)CC1)C(=O)O. The first-order valence-corrected chi connectivity index (χ1v) is 7.53. The molecule has 0 aromatic heterocycles. The highest BCUT2D eigenvalue weighted by Crippen LogP contribution is 2.49. The summed E-state index contributed by atoms with van der Waals surface area (Å²) in [7, 11) is 0. The maximum atomic E-state index is 12.8. The monoisotopic (exact) mass is 341 g/mol. The quantitative estimate of drug-likeness (QED) is 0.748. The number of halogens is 3. The third-order valence-electron chi connectivity index (χ3n) is 4.19. The third kappa shape index (κ3) is 3.77. The number of allylic oxidation sites excluding steroid dienone is 1. The van der Waals surface area contributed by atoms with Crippen molar-refractivity contribution in [2.24, 2.45) is 0 Å². The van der Waals surface area contributed by atoms with Crippen LogP contribution in [0.4, 0.5) is 13.2 Å². The van der Waals surface area contributed by atoms with Crippen molar-refractivity contribution in [3.05, 3.63) is 48.0 Å². The molecule has 1 atom stereocenters. The van der Waals surface area contributed by atoms with Crippen molar-refractivity contribution in [2.45, 2.75) is 43.3 Å². The molecule has 1 fully saturated rings. The molecule has 4 nitrogen and oxygen atoms in total. The second-order valence-electron chi connectivity index (χ2n) is 5.89. The van der Waals surface area contributed by atoms with E-state index < -0.39 is 35.1 Å². The molecule has 1 aromatic rings. The van der Waals surface area contributed by atoms with E-state index in [1.807, 2.05) is 0 Å². The molecule has 0 aliphatic heterocycles. The molecule has 0 heterocycles. The van der Waals surface area contributed by atoms with Gasteiger partial charge in [-0.15, -0.1) is 6.58 Å². The van der Waals surface area contributed by atoms with Gasteiger partial charge in [-0.2, -0.15) is 13.2 Å². The minimum atomic E-state index is -4.49. The Morgan fingerprint density at radius 2 is 2.04 bits per heavy atom. The Morgan fingerprint density at radius 1 is 1.38 bits per heavy atom. The minimum absolute atomic E-state index is 0.184. The number of carboxylic acids is 1. The number of hydrogen-bond donors (Lipinski definition) is 2. The Balaban J connectivity index is 2.20. The molecule has 1 unspecified atom stereocenters. The highest BCUT2D eigenvalue weighted by molar-refractivity contribution is 5.94. The van der Waals surface area contributed by atoms with Gasteiger partial charge in [0.25, 0.3) is 0 Å². The van der Waals surface area contributed by atoms with Crippen LogP contribution in [-0.2, 0) is 21.2 Å². The number of rotatable bonds is 7. The Labute approximate surface area is 137 Å². The zero-order valence-corrected chi connectivity index (χ0v) is 12.9. The summed E-state index contributed by atoms with van der Waals surface area (Å²) in [5, 5.41) is 11.6. The molecule has 0 saturated heterocycles. The first kappa shape index (κ1) is 18.0. The van der Waals surface area contributed by atoms with Gasteiger partial charge in [0.05, 0.1) is 11.0 Å². The van der Waals surface area contributed by atoms with E-state index in [-0.39, 0.29) is 12.0 Å². The molecule has 1 aliphatic rings. The highest BCUT2D eigenvalue weighted by atomic mass is 19.4. The van der Waals surface area contributed by atoms with Gasteiger partial charge in [-0.25, -0.2) is 4.79 Å². The molecule has 130 valence electrons. The molecule has 7 heteroatoms. The standard InChI is InChI=1S/C17H18F3NO3/c1-2-3-7-13(14(22)23)21-15(24)16(8-9-16)11-5-4-6-12(10-11)17(18,19)20/h2,4-6,10,13H,1,3,7-9H2,(H,21,24)(H,22,23). The highest BCUT2D eigenvalue weighted by Gasteiger charge is 2.52. The van der Waals surface area contributed by atoms with Crippen LogP contribution in [0, 0.1) is 0 Å². The number of aliphatic carboxylic acids is 1. The lowest BCUT2D eigenvalue weighted by molar-refractivity contribution is -0.142. The summed E-state index contributed by atoms with van der Waals surface area (Å²) in [5.41, 5.74) is -1.62. The van der Waals surface area contributed by atoms with Gasteiger partial charge in [0.2, 0.25) is 5.91 Å². The molecule has 2 N–H and O–H groups in total. The Kier molecular flexibility index (Phi) is 5.01. The number of carbonyl (C=O) groups is 2. The van der Waals surface area contributed by atoms with Gasteiger partial charge in [-0.05, 0) is 37.3 Å². The van der Waals surface area contributed by atoms with Crippen LogP contribution in [0.3, 0.4) is 0 Å². The fraction of sp³-hybridized carbons (Fsp3) is 0.412. The van der Waals surface area contributed by atoms with Gasteiger partial charge in [-0.3, -0.25) is 4.79 Å². The molecule has 0 spiro atoms. The molecule has 1 saturated carbocycles. The third-order valence-corrected chi connectivity index (χ3v) is 4.19. The Hall–Kier alpha value is -2.31. The summed E-state index contributed by atoms with van der Waals surface area (Å²) in [5.74, 6) is -1.72. The summed E-state index contributed by atoms with van der Waals surface area (Å²) in [6.07, 6.45) is -1.56. The number of carbonyl (C=O) groups excluding carboxylic acids is 1.